The maximum absolute atomic E-state index is 14.8. The van der Waals surface area contributed by atoms with Gasteiger partial charge in [0.05, 0.1) is 22.2 Å². The van der Waals surface area contributed by atoms with Crippen molar-refractivity contribution >= 4 is 17.3 Å². The van der Waals surface area contributed by atoms with E-state index < -0.39 is 46.0 Å². The fourth-order valence-corrected chi connectivity index (χ4v) is 3.21. The topological polar surface area (TPSA) is 45.8 Å². The Morgan fingerprint density at radius 2 is 1.45 bits per heavy atom. The summed E-state index contributed by atoms with van der Waals surface area (Å²) >= 11 is 0. The minimum atomic E-state index is -1.66. The van der Waals surface area contributed by atoms with E-state index in [-0.39, 0.29) is 22.2 Å². The molecule has 1 aromatic heterocycles. The fraction of sp³-hybridized carbons (Fsp3) is 0.0476. The Morgan fingerprint density at radius 3 is 2.03 bits per heavy atom. The van der Waals surface area contributed by atoms with Crippen LogP contribution in [-0.2, 0) is 0 Å². The van der Waals surface area contributed by atoms with Crippen LogP contribution in [0.25, 0.3) is 33.5 Å². The van der Waals surface area contributed by atoms with Gasteiger partial charge in [-0.05, 0) is 42.3 Å². The summed E-state index contributed by atoms with van der Waals surface area (Å²) in [5, 5.41) is 0. The van der Waals surface area contributed by atoms with E-state index in [4.69, 9.17) is 0 Å². The van der Waals surface area contributed by atoms with Gasteiger partial charge in [-0.15, -0.1) is 0 Å². The zero-order chi connectivity index (χ0) is 20.9. The van der Waals surface area contributed by atoms with Crippen molar-refractivity contribution in [1.82, 2.24) is 9.97 Å². The molecule has 0 saturated carbocycles. The molecule has 4 aromatic rings. The number of carbonyl (C=O) groups excluding carboxylic acids is 1. The maximum Gasteiger partial charge on any atom is 0.173 e. The minimum absolute atomic E-state index is 0.114. The van der Waals surface area contributed by atoms with Gasteiger partial charge in [-0.2, -0.15) is 0 Å². The molecule has 0 aliphatic carbocycles. The van der Waals surface area contributed by atoms with E-state index in [1.165, 1.54) is 6.07 Å². The third-order valence-electron chi connectivity index (χ3n) is 4.52. The number of aromatic nitrogens is 2. The molecule has 1 heterocycles. The number of rotatable bonds is 3. The van der Waals surface area contributed by atoms with Gasteiger partial charge in [0, 0.05) is 5.56 Å². The molecule has 4 rings (SSSR count). The molecule has 8 heteroatoms. The molecule has 0 fully saturated rings. The summed E-state index contributed by atoms with van der Waals surface area (Å²) in [5.41, 5.74) is -0.978. The highest BCUT2D eigenvalue weighted by Gasteiger charge is 2.29. The van der Waals surface area contributed by atoms with Crippen LogP contribution in [0.2, 0.25) is 0 Å². The van der Waals surface area contributed by atoms with E-state index >= 15 is 0 Å². The van der Waals surface area contributed by atoms with Crippen molar-refractivity contribution < 1.29 is 26.7 Å². The number of aryl methyl sites for hydroxylation is 1. The number of nitrogens with zero attached hydrogens (tertiary/aromatic N) is 1. The van der Waals surface area contributed by atoms with Crippen molar-refractivity contribution in [2.75, 3.05) is 0 Å². The second-order valence-electron chi connectivity index (χ2n) is 6.47. The van der Waals surface area contributed by atoms with E-state index in [9.17, 15) is 26.7 Å². The van der Waals surface area contributed by atoms with Crippen LogP contribution in [0.4, 0.5) is 22.0 Å². The second-order valence-corrected chi connectivity index (χ2v) is 6.47. The number of imidazole rings is 1. The van der Waals surface area contributed by atoms with Crippen molar-refractivity contribution in [3.8, 4) is 22.5 Å². The molecule has 3 aromatic carbocycles. The molecular formula is C21H11F5N2O. The smallest absolute Gasteiger partial charge is 0.173 e. The van der Waals surface area contributed by atoms with Gasteiger partial charge in [0.2, 0.25) is 0 Å². The van der Waals surface area contributed by atoms with Gasteiger partial charge in [0.25, 0.3) is 0 Å². The summed E-state index contributed by atoms with van der Waals surface area (Å²) in [7, 11) is 0. The van der Waals surface area contributed by atoms with Crippen LogP contribution in [0.3, 0.4) is 0 Å². The van der Waals surface area contributed by atoms with Crippen molar-refractivity contribution in [2.45, 2.75) is 6.92 Å². The maximum atomic E-state index is 14.8. The molecule has 3 nitrogen and oxygen atoms in total. The summed E-state index contributed by atoms with van der Waals surface area (Å²) < 4.78 is 71.9. The van der Waals surface area contributed by atoms with Crippen LogP contribution < -0.4 is 0 Å². The van der Waals surface area contributed by atoms with Crippen molar-refractivity contribution in [3.05, 3.63) is 76.6 Å². The summed E-state index contributed by atoms with van der Waals surface area (Å²) in [6.07, 6.45) is 0.519. The Labute approximate surface area is 160 Å². The molecule has 29 heavy (non-hydrogen) atoms. The summed E-state index contributed by atoms with van der Waals surface area (Å²) in [6, 6.07) is 6.95. The Balaban J connectivity index is 1.97. The zero-order valence-electron chi connectivity index (χ0n) is 14.8. The van der Waals surface area contributed by atoms with Gasteiger partial charge in [-0.1, -0.05) is 12.1 Å². The number of hydrogen-bond acceptors (Lipinski definition) is 2. The van der Waals surface area contributed by atoms with Crippen LogP contribution in [0.15, 0.2) is 36.4 Å². The van der Waals surface area contributed by atoms with Crippen LogP contribution >= 0.6 is 0 Å². The molecule has 146 valence electrons. The monoisotopic (exact) mass is 402 g/mol. The van der Waals surface area contributed by atoms with E-state index in [1.54, 1.807) is 13.0 Å². The van der Waals surface area contributed by atoms with E-state index in [1.807, 2.05) is 0 Å². The molecule has 0 saturated heterocycles. The number of fused-ring (bicyclic) bond motifs is 1. The SMILES string of the molecule is Cc1cc(C=O)c2nc(-c3c(F)c(F)c(-c4ccc(F)cc4)c(F)c3F)[nH]c2c1. The lowest BCUT2D eigenvalue weighted by atomic mass is 10.0. The van der Waals surface area contributed by atoms with Crippen LogP contribution in [0.5, 0.6) is 0 Å². The lowest BCUT2D eigenvalue weighted by Gasteiger charge is -2.11. The lowest BCUT2D eigenvalue weighted by molar-refractivity contribution is 0.112. The second kappa shape index (κ2) is 6.80. The standard InChI is InChI=1S/C21H11F5N2O/c1-9-6-11(8-29)20-13(7-9)27-21(28-20)15-18(25)16(23)14(17(24)19(15)26)10-2-4-12(22)5-3-10/h2-8H,1H3,(H,27,28). The third kappa shape index (κ3) is 2.97. The molecule has 0 aliphatic heterocycles. The quantitative estimate of drug-likeness (QED) is 0.271. The average Bonchev–Trinajstić information content (AvgIpc) is 3.11. The van der Waals surface area contributed by atoms with Gasteiger partial charge in [0.1, 0.15) is 11.6 Å². The number of benzene rings is 3. The Morgan fingerprint density at radius 1 is 0.862 bits per heavy atom. The number of hydrogen-bond donors (Lipinski definition) is 1. The molecule has 0 atom stereocenters. The highest BCUT2D eigenvalue weighted by molar-refractivity contribution is 5.96. The fourth-order valence-electron chi connectivity index (χ4n) is 3.21. The van der Waals surface area contributed by atoms with Crippen molar-refractivity contribution in [2.24, 2.45) is 0 Å². The van der Waals surface area contributed by atoms with Gasteiger partial charge in [-0.25, -0.2) is 26.9 Å². The number of H-pyrrole nitrogens is 1. The first-order chi connectivity index (χ1) is 13.8. The number of halogens is 5. The normalized spacial score (nSPS) is 11.2. The lowest BCUT2D eigenvalue weighted by Crippen LogP contribution is -2.04. The predicted octanol–water partition coefficient (Wildman–Crippen LogP) is 5.71. The van der Waals surface area contributed by atoms with Crippen LogP contribution in [-0.4, -0.2) is 16.3 Å². The molecule has 0 spiro atoms. The largest absolute Gasteiger partial charge is 0.338 e. The Hall–Kier alpha value is -3.55. The molecule has 0 bridgehead atoms. The van der Waals surface area contributed by atoms with Crippen molar-refractivity contribution in [1.29, 1.82) is 0 Å². The summed E-state index contributed by atoms with van der Waals surface area (Å²) in [6.45, 7) is 1.70. The molecule has 0 unspecified atom stereocenters. The molecule has 0 aliphatic rings. The number of aromatic amines is 1. The van der Waals surface area contributed by atoms with Gasteiger partial charge in [-0.3, -0.25) is 4.79 Å². The molecule has 1 N–H and O–H groups in total. The average molecular weight is 402 g/mol. The first-order valence-electron chi connectivity index (χ1n) is 8.39. The van der Waals surface area contributed by atoms with E-state index in [0.717, 1.165) is 24.3 Å². The number of nitrogens with one attached hydrogen (secondary N) is 1. The highest BCUT2D eigenvalue weighted by Crippen LogP contribution is 2.36. The molecule has 0 radical (unpaired) electrons. The minimum Gasteiger partial charge on any atom is -0.338 e. The molecule has 0 amide bonds. The predicted molar refractivity (Wildman–Crippen MR) is 96.9 cm³/mol. The molecular weight excluding hydrogens is 391 g/mol. The zero-order valence-corrected chi connectivity index (χ0v) is 14.8. The van der Waals surface area contributed by atoms with Crippen molar-refractivity contribution in [3.63, 3.8) is 0 Å². The van der Waals surface area contributed by atoms with E-state index in [2.05, 4.69) is 9.97 Å². The van der Waals surface area contributed by atoms with Gasteiger partial charge in [0.15, 0.2) is 29.6 Å². The van der Waals surface area contributed by atoms with Crippen LogP contribution in [0.1, 0.15) is 15.9 Å². The summed E-state index contributed by atoms with van der Waals surface area (Å²) in [4.78, 5) is 17.8. The Bertz CT molecular complexity index is 1250. The number of aldehydes is 1. The highest BCUT2D eigenvalue weighted by atomic mass is 19.2. The van der Waals surface area contributed by atoms with E-state index in [0.29, 0.717) is 11.8 Å². The van der Waals surface area contributed by atoms with Gasteiger partial charge < -0.3 is 4.98 Å². The Kier molecular flexibility index (Phi) is 4.41. The van der Waals surface area contributed by atoms with Crippen LogP contribution in [0, 0.1) is 36.0 Å². The number of carbonyl (C=O) groups is 1. The first-order valence-corrected chi connectivity index (χ1v) is 8.39. The van der Waals surface area contributed by atoms with Gasteiger partial charge >= 0.3 is 0 Å². The first kappa shape index (κ1) is 18.8. The summed E-state index contributed by atoms with van der Waals surface area (Å²) in [5.74, 6) is -7.74. The third-order valence-corrected chi connectivity index (χ3v) is 4.52.